The Balaban J connectivity index is 2.31. The molecular formula is C22H15N. The molecule has 0 bridgehead atoms. The maximum atomic E-state index is 9.70. The monoisotopic (exact) mass is 293 g/mol. The molecule has 0 aliphatic carbocycles. The molecule has 0 aliphatic heterocycles. The average molecular weight is 293 g/mol. The number of nitrogens with zero attached hydrogens (tertiary/aromatic N) is 1. The van der Waals surface area contributed by atoms with Gasteiger partial charge < -0.3 is 0 Å². The van der Waals surface area contributed by atoms with Crippen LogP contribution in [0.5, 0.6) is 0 Å². The quantitative estimate of drug-likeness (QED) is 0.404. The first-order chi connectivity index (χ1) is 11.3. The first-order valence-corrected chi connectivity index (χ1v) is 7.71. The minimum Gasteiger partial charge on any atom is -0.192 e. The molecule has 0 heterocycles. The molecule has 0 aliphatic rings. The van der Waals surface area contributed by atoms with E-state index in [0.717, 1.165) is 27.1 Å². The van der Waals surface area contributed by atoms with E-state index in [1.54, 1.807) is 0 Å². The van der Waals surface area contributed by atoms with Crippen molar-refractivity contribution >= 4 is 21.5 Å². The van der Waals surface area contributed by atoms with Gasteiger partial charge in [0.15, 0.2) is 0 Å². The lowest BCUT2D eigenvalue weighted by Gasteiger charge is -2.15. The Morgan fingerprint density at radius 2 is 1.13 bits per heavy atom. The molecule has 4 aromatic carbocycles. The van der Waals surface area contributed by atoms with Gasteiger partial charge in [-0.15, -0.1) is 0 Å². The molecule has 0 N–H and O–H groups in total. The van der Waals surface area contributed by atoms with Crippen LogP contribution in [0, 0.1) is 18.3 Å². The second-order valence-corrected chi connectivity index (χ2v) is 5.77. The van der Waals surface area contributed by atoms with E-state index in [0.29, 0.717) is 0 Å². The Hall–Kier alpha value is -3.11. The third kappa shape index (κ3) is 2.00. The SMILES string of the molecule is Cc1ccccc1-c1c2ccccc2c(C#N)c2ccccc12. The zero-order valence-corrected chi connectivity index (χ0v) is 12.9. The Kier molecular flexibility index (Phi) is 3.10. The summed E-state index contributed by atoms with van der Waals surface area (Å²) in [5.41, 5.74) is 4.44. The van der Waals surface area contributed by atoms with Crippen LogP contribution >= 0.6 is 0 Å². The lowest BCUT2D eigenvalue weighted by atomic mass is 9.87. The van der Waals surface area contributed by atoms with Gasteiger partial charge in [-0.2, -0.15) is 5.26 Å². The summed E-state index contributed by atoms with van der Waals surface area (Å²) >= 11 is 0. The van der Waals surface area contributed by atoms with Crippen LogP contribution in [0.1, 0.15) is 11.1 Å². The van der Waals surface area contributed by atoms with Crippen molar-refractivity contribution in [2.24, 2.45) is 0 Å². The summed E-state index contributed by atoms with van der Waals surface area (Å²) in [4.78, 5) is 0. The van der Waals surface area contributed by atoms with Crippen LogP contribution in [0.2, 0.25) is 0 Å². The first kappa shape index (κ1) is 13.5. The van der Waals surface area contributed by atoms with E-state index in [-0.39, 0.29) is 0 Å². The number of hydrogen-bond acceptors (Lipinski definition) is 1. The van der Waals surface area contributed by atoms with Gasteiger partial charge in [0.1, 0.15) is 6.07 Å². The van der Waals surface area contributed by atoms with Crippen molar-refractivity contribution in [3.8, 4) is 17.2 Å². The van der Waals surface area contributed by atoms with E-state index in [2.05, 4.69) is 49.4 Å². The molecular weight excluding hydrogens is 278 g/mol. The van der Waals surface area contributed by atoms with Crippen molar-refractivity contribution in [1.82, 2.24) is 0 Å². The van der Waals surface area contributed by atoms with E-state index in [9.17, 15) is 5.26 Å². The predicted octanol–water partition coefficient (Wildman–Crippen LogP) is 5.84. The molecule has 0 atom stereocenters. The molecule has 0 saturated heterocycles. The highest BCUT2D eigenvalue weighted by molar-refractivity contribution is 6.16. The molecule has 0 aromatic heterocycles. The summed E-state index contributed by atoms with van der Waals surface area (Å²) in [6.45, 7) is 2.14. The second kappa shape index (κ2) is 5.26. The number of nitriles is 1. The molecule has 108 valence electrons. The van der Waals surface area contributed by atoms with Crippen LogP contribution in [-0.4, -0.2) is 0 Å². The average Bonchev–Trinajstić information content (AvgIpc) is 2.60. The smallest absolute Gasteiger partial charge is 0.100 e. The van der Waals surface area contributed by atoms with Gasteiger partial charge in [-0.3, -0.25) is 0 Å². The molecule has 0 saturated carbocycles. The standard InChI is InChI=1S/C22H15N/c1-15-8-2-3-9-16(15)22-19-12-6-4-10-17(19)21(14-23)18-11-5-7-13-20(18)22/h2-13H,1H3. The molecule has 0 spiro atoms. The summed E-state index contributed by atoms with van der Waals surface area (Å²) < 4.78 is 0. The highest BCUT2D eigenvalue weighted by Gasteiger charge is 2.15. The van der Waals surface area contributed by atoms with E-state index >= 15 is 0 Å². The zero-order valence-electron chi connectivity index (χ0n) is 12.9. The van der Waals surface area contributed by atoms with E-state index in [4.69, 9.17) is 0 Å². The van der Waals surface area contributed by atoms with Gasteiger partial charge in [0.05, 0.1) is 5.56 Å². The van der Waals surface area contributed by atoms with E-state index in [1.165, 1.54) is 16.7 Å². The second-order valence-electron chi connectivity index (χ2n) is 5.77. The van der Waals surface area contributed by atoms with E-state index in [1.807, 2.05) is 36.4 Å². The van der Waals surface area contributed by atoms with Gasteiger partial charge in [0.2, 0.25) is 0 Å². The third-order valence-corrected chi connectivity index (χ3v) is 4.46. The van der Waals surface area contributed by atoms with Crippen molar-refractivity contribution < 1.29 is 0 Å². The largest absolute Gasteiger partial charge is 0.192 e. The molecule has 4 rings (SSSR count). The van der Waals surface area contributed by atoms with Crippen molar-refractivity contribution in [3.05, 3.63) is 83.9 Å². The fourth-order valence-electron chi connectivity index (χ4n) is 3.39. The van der Waals surface area contributed by atoms with Crippen LogP contribution in [0.15, 0.2) is 72.8 Å². The first-order valence-electron chi connectivity index (χ1n) is 7.71. The number of aryl methyl sites for hydroxylation is 1. The molecule has 0 unspecified atom stereocenters. The van der Waals surface area contributed by atoms with Crippen molar-refractivity contribution in [1.29, 1.82) is 5.26 Å². The van der Waals surface area contributed by atoms with Crippen LogP contribution in [-0.2, 0) is 0 Å². The summed E-state index contributed by atoms with van der Waals surface area (Å²) in [6.07, 6.45) is 0. The normalized spacial score (nSPS) is 10.8. The van der Waals surface area contributed by atoms with Gasteiger partial charge in [-0.1, -0.05) is 72.8 Å². The van der Waals surface area contributed by atoms with Gasteiger partial charge in [-0.05, 0) is 34.4 Å². The molecule has 23 heavy (non-hydrogen) atoms. The van der Waals surface area contributed by atoms with Crippen molar-refractivity contribution in [2.75, 3.05) is 0 Å². The van der Waals surface area contributed by atoms with Crippen LogP contribution in [0.25, 0.3) is 32.7 Å². The maximum Gasteiger partial charge on any atom is 0.100 e. The molecule has 0 amide bonds. The molecule has 0 radical (unpaired) electrons. The predicted molar refractivity (Wildman–Crippen MR) is 96.3 cm³/mol. The molecule has 1 heteroatoms. The van der Waals surface area contributed by atoms with Gasteiger partial charge in [0, 0.05) is 10.8 Å². The van der Waals surface area contributed by atoms with Crippen molar-refractivity contribution in [2.45, 2.75) is 6.92 Å². The Bertz CT molecular complexity index is 1030. The fraction of sp³-hybridized carbons (Fsp3) is 0.0455. The van der Waals surface area contributed by atoms with Gasteiger partial charge in [0.25, 0.3) is 0 Å². The highest BCUT2D eigenvalue weighted by atomic mass is 14.3. The van der Waals surface area contributed by atoms with Crippen LogP contribution in [0.3, 0.4) is 0 Å². The van der Waals surface area contributed by atoms with Crippen LogP contribution < -0.4 is 0 Å². The summed E-state index contributed by atoms with van der Waals surface area (Å²) in [5, 5.41) is 14.0. The minimum atomic E-state index is 0.758. The number of rotatable bonds is 1. The van der Waals surface area contributed by atoms with Crippen molar-refractivity contribution in [3.63, 3.8) is 0 Å². The lowest BCUT2D eigenvalue weighted by Crippen LogP contribution is -1.91. The van der Waals surface area contributed by atoms with E-state index < -0.39 is 0 Å². The number of fused-ring (bicyclic) bond motifs is 2. The topological polar surface area (TPSA) is 23.8 Å². The minimum absolute atomic E-state index is 0.758. The lowest BCUT2D eigenvalue weighted by molar-refractivity contribution is 1.47. The zero-order chi connectivity index (χ0) is 15.8. The fourth-order valence-corrected chi connectivity index (χ4v) is 3.39. The number of hydrogen-bond donors (Lipinski definition) is 0. The Morgan fingerprint density at radius 3 is 1.65 bits per heavy atom. The summed E-state index contributed by atoms with van der Waals surface area (Å²) in [6, 6.07) is 27.2. The Morgan fingerprint density at radius 1 is 0.652 bits per heavy atom. The molecule has 0 fully saturated rings. The molecule has 4 aromatic rings. The van der Waals surface area contributed by atoms with Crippen LogP contribution in [0.4, 0.5) is 0 Å². The summed E-state index contributed by atoms with van der Waals surface area (Å²) in [5.74, 6) is 0. The maximum absolute atomic E-state index is 9.70. The third-order valence-electron chi connectivity index (χ3n) is 4.46. The number of benzene rings is 4. The summed E-state index contributed by atoms with van der Waals surface area (Å²) in [7, 11) is 0. The van der Waals surface area contributed by atoms with Gasteiger partial charge >= 0.3 is 0 Å². The van der Waals surface area contributed by atoms with Gasteiger partial charge in [-0.25, -0.2) is 0 Å². The molecule has 1 nitrogen and oxygen atoms in total. The Labute approximate surface area is 135 Å². The highest BCUT2D eigenvalue weighted by Crippen LogP contribution is 2.39.